The standard InChI is InChI=1S/C24H29N3O4/c1-17-7-2-3-8-18(17)16-27-21-11-5-4-10-20(21)23(29)26(24(27)30)13-12-22(28)25-15-19-9-6-14-31-19/h2-3,6-9,14,20-21H,4-5,10-13,15-16H2,1H3,(H,25,28). The molecule has 2 fully saturated rings. The van der Waals surface area contributed by atoms with Gasteiger partial charge in [-0.1, -0.05) is 37.1 Å². The van der Waals surface area contributed by atoms with Crippen LogP contribution in [0.3, 0.4) is 0 Å². The summed E-state index contributed by atoms with van der Waals surface area (Å²) in [6.07, 6.45) is 5.30. The molecule has 1 saturated carbocycles. The van der Waals surface area contributed by atoms with E-state index in [4.69, 9.17) is 4.42 Å². The molecular weight excluding hydrogens is 394 g/mol. The highest BCUT2D eigenvalue weighted by Crippen LogP contribution is 2.35. The molecule has 1 aliphatic heterocycles. The SMILES string of the molecule is Cc1ccccc1CN1C(=O)N(CCC(=O)NCc2ccco2)C(=O)C2CCCCC21. The minimum atomic E-state index is -0.282. The highest BCUT2D eigenvalue weighted by molar-refractivity contribution is 5.99. The van der Waals surface area contributed by atoms with Crippen molar-refractivity contribution in [2.24, 2.45) is 5.92 Å². The Bertz CT molecular complexity index is 940. The monoisotopic (exact) mass is 423 g/mol. The first kappa shape index (κ1) is 21.2. The number of urea groups is 1. The third-order valence-electron chi connectivity index (χ3n) is 6.39. The van der Waals surface area contributed by atoms with Gasteiger partial charge >= 0.3 is 6.03 Å². The van der Waals surface area contributed by atoms with Crippen molar-refractivity contribution in [2.75, 3.05) is 6.54 Å². The first-order valence-electron chi connectivity index (χ1n) is 11.0. The average molecular weight is 424 g/mol. The molecule has 0 spiro atoms. The molecule has 4 amide bonds. The topological polar surface area (TPSA) is 82.9 Å². The number of benzene rings is 1. The van der Waals surface area contributed by atoms with Crippen molar-refractivity contribution >= 4 is 17.8 Å². The maximum atomic E-state index is 13.3. The van der Waals surface area contributed by atoms with Gasteiger partial charge in [0.2, 0.25) is 11.8 Å². The van der Waals surface area contributed by atoms with Gasteiger partial charge in [0.15, 0.2) is 0 Å². The Morgan fingerprint density at radius 2 is 1.94 bits per heavy atom. The molecule has 2 atom stereocenters. The first-order valence-corrected chi connectivity index (χ1v) is 11.0. The van der Waals surface area contributed by atoms with Gasteiger partial charge in [0.05, 0.1) is 18.7 Å². The van der Waals surface area contributed by atoms with E-state index in [1.54, 1.807) is 18.4 Å². The summed E-state index contributed by atoms with van der Waals surface area (Å²) in [5, 5.41) is 2.77. The zero-order valence-electron chi connectivity index (χ0n) is 17.9. The third kappa shape index (κ3) is 4.65. The Morgan fingerprint density at radius 3 is 2.71 bits per heavy atom. The van der Waals surface area contributed by atoms with Crippen molar-refractivity contribution in [2.45, 2.75) is 58.2 Å². The Balaban J connectivity index is 1.45. The fourth-order valence-electron chi connectivity index (χ4n) is 4.63. The summed E-state index contributed by atoms with van der Waals surface area (Å²) in [5.41, 5.74) is 2.22. The molecule has 7 heteroatoms. The average Bonchev–Trinajstić information content (AvgIpc) is 3.30. The van der Waals surface area contributed by atoms with Gasteiger partial charge in [-0.05, 0) is 43.0 Å². The number of amides is 4. The van der Waals surface area contributed by atoms with E-state index in [2.05, 4.69) is 5.32 Å². The molecule has 31 heavy (non-hydrogen) atoms. The van der Waals surface area contributed by atoms with E-state index < -0.39 is 0 Å². The number of nitrogens with one attached hydrogen (secondary N) is 1. The van der Waals surface area contributed by atoms with Crippen LogP contribution in [0.2, 0.25) is 0 Å². The van der Waals surface area contributed by atoms with Crippen LogP contribution in [0, 0.1) is 12.8 Å². The fraction of sp³-hybridized carbons (Fsp3) is 0.458. The number of hydrogen-bond acceptors (Lipinski definition) is 4. The normalized spacial score (nSPS) is 21.2. The summed E-state index contributed by atoms with van der Waals surface area (Å²) < 4.78 is 5.21. The first-order chi connectivity index (χ1) is 15.0. The van der Waals surface area contributed by atoms with Gasteiger partial charge < -0.3 is 14.6 Å². The van der Waals surface area contributed by atoms with Crippen LogP contribution in [0.15, 0.2) is 47.1 Å². The van der Waals surface area contributed by atoms with Crippen LogP contribution in [0.4, 0.5) is 4.79 Å². The molecule has 164 valence electrons. The van der Waals surface area contributed by atoms with Crippen LogP contribution < -0.4 is 5.32 Å². The Hall–Kier alpha value is -3.09. The zero-order valence-corrected chi connectivity index (χ0v) is 17.9. The van der Waals surface area contributed by atoms with Crippen LogP contribution >= 0.6 is 0 Å². The van der Waals surface area contributed by atoms with Crippen LogP contribution in [-0.4, -0.2) is 40.2 Å². The van der Waals surface area contributed by atoms with Crippen molar-refractivity contribution in [3.05, 3.63) is 59.5 Å². The van der Waals surface area contributed by atoms with Gasteiger partial charge in [0.25, 0.3) is 0 Å². The van der Waals surface area contributed by atoms with E-state index in [9.17, 15) is 14.4 Å². The molecule has 1 saturated heterocycles. The Morgan fingerprint density at radius 1 is 1.13 bits per heavy atom. The van der Waals surface area contributed by atoms with Gasteiger partial charge in [-0.15, -0.1) is 0 Å². The molecule has 4 rings (SSSR count). The Kier molecular flexibility index (Phi) is 6.39. The molecule has 1 aliphatic carbocycles. The summed E-state index contributed by atoms with van der Waals surface area (Å²) in [7, 11) is 0. The lowest BCUT2D eigenvalue weighted by atomic mass is 9.81. The van der Waals surface area contributed by atoms with Crippen molar-refractivity contribution in [1.82, 2.24) is 15.1 Å². The Labute approximate surface area is 182 Å². The molecule has 2 aromatic rings. The van der Waals surface area contributed by atoms with E-state index in [0.717, 1.165) is 36.8 Å². The van der Waals surface area contributed by atoms with Gasteiger partial charge in [0.1, 0.15) is 5.76 Å². The molecule has 1 aromatic heterocycles. The summed E-state index contributed by atoms with van der Waals surface area (Å²) in [4.78, 5) is 41.9. The maximum absolute atomic E-state index is 13.3. The molecule has 2 unspecified atom stereocenters. The number of nitrogens with zero attached hydrogens (tertiary/aromatic N) is 2. The minimum absolute atomic E-state index is 0.0580. The van der Waals surface area contributed by atoms with Crippen molar-refractivity contribution in [1.29, 1.82) is 0 Å². The molecule has 2 aliphatic rings. The highest BCUT2D eigenvalue weighted by Gasteiger charge is 2.46. The second-order valence-electron chi connectivity index (χ2n) is 8.39. The quantitative estimate of drug-likeness (QED) is 0.737. The number of furan rings is 1. The van der Waals surface area contributed by atoms with E-state index in [1.165, 1.54) is 4.90 Å². The van der Waals surface area contributed by atoms with E-state index in [0.29, 0.717) is 12.3 Å². The maximum Gasteiger partial charge on any atom is 0.327 e. The molecular formula is C24H29N3O4. The fourth-order valence-corrected chi connectivity index (χ4v) is 4.63. The molecule has 1 N–H and O–H groups in total. The van der Waals surface area contributed by atoms with Gasteiger partial charge in [0, 0.05) is 25.6 Å². The van der Waals surface area contributed by atoms with E-state index in [1.807, 2.05) is 36.1 Å². The number of carbonyl (C=O) groups is 3. The predicted octanol–water partition coefficient (Wildman–Crippen LogP) is 3.62. The zero-order chi connectivity index (χ0) is 21.8. The van der Waals surface area contributed by atoms with Crippen LogP contribution in [0.5, 0.6) is 0 Å². The third-order valence-corrected chi connectivity index (χ3v) is 6.39. The lowest BCUT2D eigenvalue weighted by Crippen LogP contribution is -2.62. The second-order valence-corrected chi connectivity index (χ2v) is 8.39. The summed E-state index contributed by atoms with van der Waals surface area (Å²) in [5.74, 6) is 0.136. The minimum Gasteiger partial charge on any atom is -0.467 e. The van der Waals surface area contributed by atoms with Crippen LogP contribution in [-0.2, 0) is 22.7 Å². The number of rotatable bonds is 7. The predicted molar refractivity (Wildman–Crippen MR) is 115 cm³/mol. The molecule has 2 heterocycles. The van der Waals surface area contributed by atoms with Crippen molar-refractivity contribution < 1.29 is 18.8 Å². The number of imide groups is 1. The second kappa shape index (κ2) is 9.37. The van der Waals surface area contributed by atoms with Crippen molar-refractivity contribution in [3.8, 4) is 0 Å². The highest BCUT2D eigenvalue weighted by atomic mass is 16.3. The molecule has 0 bridgehead atoms. The van der Waals surface area contributed by atoms with Crippen LogP contribution in [0.1, 0.15) is 49.0 Å². The summed E-state index contributed by atoms with van der Waals surface area (Å²) >= 11 is 0. The van der Waals surface area contributed by atoms with Gasteiger partial charge in [-0.3, -0.25) is 14.5 Å². The number of hydrogen-bond donors (Lipinski definition) is 1. The molecule has 1 aromatic carbocycles. The molecule has 0 radical (unpaired) electrons. The van der Waals surface area contributed by atoms with Crippen molar-refractivity contribution in [3.63, 3.8) is 0 Å². The largest absolute Gasteiger partial charge is 0.467 e. The van der Waals surface area contributed by atoms with Gasteiger partial charge in [-0.25, -0.2) is 4.79 Å². The molecule has 7 nitrogen and oxygen atoms in total. The van der Waals surface area contributed by atoms with Gasteiger partial charge in [-0.2, -0.15) is 0 Å². The number of carbonyl (C=O) groups excluding carboxylic acids is 3. The van der Waals surface area contributed by atoms with Crippen LogP contribution in [0.25, 0.3) is 0 Å². The smallest absolute Gasteiger partial charge is 0.327 e. The summed E-state index contributed by atoms with van der Waals surface area (Å²) in [6, 6.07) is 11.2. The summed E-state index contributed by atoms with van der Waals surface area (Å²) in [6.45, 7) is 2.91. The van der Waals surface area contributed by atoms with E-state index in [-0.39, 0.29) is 49.3 Å². The lowest BCUT2D eigenvalue weighted by molar-refractivity contribution is -0.141. The number of fused-ring (bicyclic) bond motifs is 1. The van der Waals surface area contributed by atoms with E-state index >= 15 is 0 Å². The lowest BCUT2D eigenvalue weighted by Gasteiger charge is -2.47. The number of aryl methyl sites for hydroxylation is 1.